The Kier molecular flexibility index (Phi) is 11.2. The summed E-state index contributed by atoms with van der Waals surface area (Å²) in [4.78, 5) is 50.8. The highest BCUT2D eigenvalue weighted by molar-refractivity contribution is 5.94. The van der Waals surface area contributed by atoms with E-state index in [1.807, 2.05) is 27.7 Å². The fourth-order valence-corrected chi connectivity index (χ4v) is 4.20. The lowest BCUT2D eigenvalue weighted by Crippen LogP contribution is -2.57. The van der Waals surface area contributed by atoms with Gasteiger partial charge in [-0.05, 0) is 61.8 Å². The highest BCUT2D eigenvalue weighted by atomic mass is 16.4. The van der Waals surface area contributed by atoms with Crippen molar-refractivity contribution in [3.63, 3.8) is 0 Å². The van der Waals surface area contributed by atoms with Crippen molar-refractivity contribution in [2.45, 2.75) is 84.0 Å². The van der Waals surface area contributed by atoms with E-state index < -0.39 is 35.9 Å². The summed E-state index contributed by atoms with van der Waals surface area (Å²) in [6, 6.07) is 2.95. The van der Waals surface area contributed by atoms with Crippen molar-refractivity contribution < 1.29 is 29.4 Å². The number of aliphatic carboxylic acids is 1. The molecule has 0 bridgehead atoms. The van der Waals surface area contributed by atoms with Gasteiger partial charge in [-0.2, -0.15) is 0 Å². The third kappa shape index (κ3) is 9.49. The first-order valence-corrected chi connectivity index (χ1v) is 12.6. The van der Waals surface area contributed by atoms with E-state index in [2.05, 4.69) is 21.3 Å². The van der Waals surface area contributed by atoms with Gasteiger partial charge in [-0.3, -0.25) is 14.4 Å². The average Bonchev–Trinajstić information content (AvgIpc) is 3.33. The number of phenolic OH excluding ortho intramolecular Hbond substituents is 1. The molecule has 0 spiro atoms. The standard InChI is InChI=1S/C26H40N4O6/c1-15(2)12-20(24(33)30-22(26(35)36)13-16(3)4)28-25(34)21(14-17-7-9-18(31)10-8-17)29-23(32)19-6-5-11-27-19/h7-10,15-16,19-22,27,31H,5-6,11-14H2,1-4H3,(H,28,34)(H,29,32)(H,30,33)(H,35,36). The van der Waals surface area contributed by atoms with Gasteiger partial charge in [0.1, 0.15) is 23.9 Å². The number of carboxylic acids is 1. The van der Waals surface area contributed by atoms with E-state index in [4.69, 9.17) is 0 Å². The van der Waals surface area contributed by atoms with Gasteiger partial charge in [0, 0.05) is 6.42 Å². The average molecular weight is 505 g/mol. The van der Waals surface area contributed by atoms with Crippen LogP contribution in [-0.2, 0) is 25.6 Å². The zero-order valence-electron chi connectivity index (χ0n) is 21.5. The Hall–Kier alpha value is -3.14. The van der Waals surface area contributed by atoms with Crippen molar-refractivity contribution in [3.05, 3.63) is 29.8 Å². The monoisotopic (exact) mass is 504 g/mol. The molecule has 200 valence electrons. The highest BCUT2D eigenvalue weighted by Crippen LogP contribution is 2.14. The van der Waals surface area contributed by atoms with Gasteiger partial charge in [0.25, 0.3) is 0 Å². The summed E-state index contributed by atoms with van der Waals surface area (Å²) >= 11 is 0. The van der Waals surface area contributed by atoms with Gasteiger partial charge in [0.15, 0.2) is 0 Å². The van der Waals surface area contributed by atoms with Crippen molar-refractivity contribution in [2.24, 2.45) is 11.8 Å². The number of carbonyl (C=O) groups excluding carboxylic acids is 3. The summed E-state index contributed by atoms with van der Waals surface area (Å²) in [5.41, 5.74) is 0.723. The summed E-state index contributed by atoms with van der Waals surface area (Å²) in [6.45, 7) is 8.26. The molecular formula is C26H40N4O6. The van der Waals surface area contributed by atoms with Crippen LogP contribution in [0.15, 0.2) is 24.3 Å². The molecule has 10 heteroatoms. The van der Waals surface area contributed by atoms with Crippen molar-refractivity contribution in [3.8, 4) is 5.75 Å². The number of amides is 3. The lowest BCUT2D eigenvalue weighted by atomic mass is 9.99. The van der Waals surface area contributed by atoms with E-state index in [-0.39, 0.29) is 42.4 Å². The molecule has 36 heavy (non-hydrogen) atoms. The van der Waals surface area contributed by atoms with Gasteiger partial charge < -0.3 is 31.5 Å². The number of benzene rings is 1. The lowest BCUT2D eigenvalue weighted by molar-refractivity contribution is -0.143. The molecule has 6 N–H and O–H groups in total. The number of phenols is 1. The molecule has 1 aliphatic heterocycles. The normalized spacial score (nSPS) is 17.9. The van der Waals surface area contributed by atoms with Crippen LogP contribution >= 0.6 is 0 Å². The van der Waals surface area contributed by atoms with Gasteiger partial charge in [-0.15, -0.1) is 0 Å². The molecule has 1 aromatic rings. The molecule has 1 heterocycles. The second-order valence-electron chi connectivity index (χ2n) is 10.3. The van der Waals surface area contributed by atoms with Crippen LogP contribution in [0, 0.1) is 11.8 Å². The van der Waals surface area contributed by atoms with Gasteiger partial charge >= 0.3 is 5.97 Å². The van der Waals surface area contributed by atoms with E-state index in [1.165, 1.54) is 12.1 Å². The largest absolute Gasteiger partial charge is 0.508 e. The summed E-state index contributed by atoms with van der Waals surface area (Å²) in [5, 5.41) is 30.3. The summed E-state index contributed by atoms with van der Waals surface area (Å²) < 4.78 is 0. The van der Waals surface area contributed by atoms with Crippen LogP contribution in [0.3, 0.4) is 0 Å². The molecular weight excluding hydrogens is 464 g/mol. The van der Waals surface area contributed by atoms with Crippen LogP contribution in [0.4, 0.5) is 0 Å². The molecule has 1 aliphatic rings. The van der Waals surface area contributed by atoms with E-state index in [0.717, 1.165) is 18.5 Å². The van der Waals surface area contributed by atoms with Gasteiger partial charge in [0.2, 0.25) is 17.7 Å². The number of nitrogens with one attached hydrogen (secondary N) is 4. The molecule has 10 nitrogen and oxygen atoms in total. The summed E-state index contributed by atoms with van der Waals surface area (Å²) in [7, 11) is 0. The van der Waals surface area contributed by atoms with Crippen molar-refractivity contribution in [1.82, 2.24) is 21.3 Å². The second-order valence-corrected chi connectivity index (χ2v) is 10.3. The lowest BCUT2D eigenvalue weighted by Gasteiger charge is -2.26. The predicted molar refractivity (Wildman–Crippen MR) is 135 cm³/mol. The molecule has 0 radical (unpaired) electrons. The maximum atomic E-state index is 13.4. The number of hydrogen-bond acceptors (Lipinski definition) is 6. The van der Waals surface area contributed by atoms with Gasteiger partial charge in [0.05, 0.1) is 6.04 Å². The number of hydrogen-bond donors (Lipinski definition) is 6. The highest BCUT2D eigenvalue weighted by Gasteiger charge is 2.32. The number of aromatic hydroxyl groups is 1. The van der Waals surface area contributed by atoms with Crippen LogP contribution in [0.2, 0.25) is 0 Å². The van der Waals surface area contributed by atoms with Gasteiger partial charge in [-0.25, -0.2) is 4.79 Å². The van der Waals surface area contributed by atoms with E-state index in [9.17, 15) is 29.4 Å². The Labute approximate surface area is 212 Å². The summed E-state index contributed by atoms with van der Waals surface area (Å²) in [6.07, 6.45) is 2.26. The van der Waals surface area contributed by atoms with E-state index in [0.29, 0.717) is 12.8 Å². The van der Waals surface area contributed by atoms with E-state index >= 15 is 0 Å². The molecule has 0 aromatic heterocycles. The third-order valence-electron chi connectivity index (χ3n) is 6.05. The minimum absolute atomic E-state index is 0.0438. The Bertz CT molecular complexity index is 896. The molecule has 4 unspecified atom stereocenters. The van der Waals surface area contributed by atoms with Crippen molar-refractivity contribution in [2.75, 3.05) is 6.54 Å². The molecule has 0 aliphatic carbocycles. The SMILES string of the molecule is CC(C)CC(NC(=O)C(CC(C)C)NC(=O)C(Cc1ccc(O)cc1)NC(=O)C1CCCN1)C(=O)O. The first-order chi connectivity index (χ1) is 17.0. The molecule has 3 amide bonds. The number of carboxylic acid groups (broad SMARTS) is 1. The third-order valence-corrected chi connectivity index (χ3v) is 6.05. The molecule has 1 saturated heterocycles. The number of carbonyl (C=O) groups is 4. The van der Waals surface area contributed by atoms with Gasteiger partial charge in [-0.1, -0.05) is 39.8 Å². The number of rotatable bonds is 13. The maximum absolute atomic E-state index is 13.4. The molecule has 1 aromatic carbocycles. The minimum Gasteiger partial charge on any atom is -0.508 e. The quantitative estimate of drug-likeness (QED) is 0.236. The van der Waals surface area contributed by atoms with Crippen molar-refractivity contribution >= 4 is 23.7 Å². The van der Waals surface area contributed by atoms with Crippen LogP contribution in [0.1, 0.15) is 58.9 Å². The Morgan fingerprint density at radius 3 is 1.97 bits per heavy atom. The van der Waals surface area contributed by atoms with Crippen molar-refractivity contribution in [1.29, 1.82) is 0 Å². The summed E-state index contributed by atoms with van der Waals surface area (Å²) in [5.74, 6) is -2.35. The van der Waals surface area contributed by atoms with Crippen LogP contribution in [0.5, 0.6) is 5.75 Å². The zero-order chi connectivity index (χ0) is 26.8. The molecule has 1 fully saturated rings. The van der Waals surface area contributed by atoms with E-state index in [1.54, 1.807) is 12.1 Å². The maximum Gasteiger partial charge on any atom is 0.326 e. The Balaban J connectivity index is 2.19. The topological polar surface area (TPSA) is 157 Å². The Morgan fingerprint density at radius 2 is 1.44 bits per heavy atom. The minimum atomic E-state index is -1.13. The Morgan fingerprint density at radius 1 is 0.889 bits per heavy atom. The first-order valence-electron chi connectivity index (χ1n) is 12.6. The van der Waals surface area contributed by atoms with Crippen LogP contribution in [-0.4, -0.2) is 64.6 Å². The predicted octanol–water partition coefficient (Wildman–Crippen LogP) is 1.32. The van der Waals surface area contributed by atoms with Crippen LogP contribution in [0.25, 0.3) is 0 Å². The molecule has 4 atom stereocenters. The smallest absolute Gasteiger partial charge is 0.326 e. The zero-order valence-corrected chi connectivity index (χ0v) is 21.5. The molecule has 0 saturated carbocycles. The molecule has 2 rings (SSSR count). The fraction of sp³-hybridized carbons (Fsp3) is 0.615. The first kappa shape index (κ1) is 29.1. The van der Waals surface area contributed by atoms with Crippen LogP contribution < -0.4 is 21.3 Å². The second kappa shape index (κ2) is 13.8. The fourth-order valence-electron chi connectivity index (χ4n) is 4.20.